The van der Waals surface area contributed by atoms with E-state index in [0.717, 1.165) is 45.0 Å². The molecule has 2 N–H and O–H groups in total. The van der Waals surface area contributed by atoms with Gasteiger partial charge >= 0.3 is 0 Å². The summed E-state index contributed by atoms with van der Waals surface area (Å²) in [6, 6.07) is 0. The molecule has 5 heteroatoms. The zero-order valence-electron chi connectivity index (χ0n) is 11.9. The normalized spacial score (nSPS) is 20.8. The molecule has 106 valence electrons. The lowest BCUT2D eigenvalue weighted by atomic mass is 10.3. The summed E-state index contributed by atoms with van der Waals surface area (Å²) in [4.78, 5) is 6.69. The Bertz CT molecular complexity index is 257. The van der Waals surface area contributed by atoms with Gasteiger partial charge in [0.2, 0.25) is 0 Å². The second-order valence-corrected chi connectivity index (χ2v) is 4.90. The average Bonchev–Trinajstić information content (AvgIpc) is 2.73. The molecule has 0 aromatic carbocycles. The number of aliphatic hydroxyl groups excluding tert-OH is 1. The Balaban J connectivity index is 2.31. The topological polar surface area (TPSA) is 57.1 Å². The van der Waals surface area contributed by atoms with Crippen LogP contribution in [-0.4, -0.2) is 61.0 Å². The Morgan fingerprint density at radius 3 is 2.89 bits per heavy atom. The lowest BCUT2D eigenvalue weighted by molar-refractivity contribution is 0.0782. The van der Waals surface area contributed by atoms with Crippen molar-refractivity contribution in [1.82, 2.24) is 10.2 Å². The van der Waals surface area contributed by atoms with Crippen molar-refractivity contribution in [2.24, 2.45) is 4.99 Å². The van der Waals surface area contributed by atoms with Gasteiger partial charge in [-0.05, 0) is 33.6 Å². The van der Waals surface area contributed by atoms with Crippen molar-refractivity contribution in [3.05, 3.63) is 0 Å². The molecule has 1 atom stereocenters. The number of ether oxygens (including phenoxy) is 1. The van der Waals surface area contributed by atoms with Gasteiger partial charge in [-0.1, -0.05) is 0 Å². The molecule has 5 nitrogen and oxygen atoms in total. The number of hydrogen-bond acceptors (Lipinski definition) is 3. The predicted octanol–water partition coefficient (Wildman–Crippen LogP) is 0.834. The van der Waals surface area contributed by atoms with Crippen molar-refractivity contribution >= 4 is 5.96 Å². The summed E-state index contributed by atoms with van der Waals surface area (Å²) in [7, 11) is 0. The number of guanidine groups is 1. The van der Waals surface area contributed by atoms with Crippen LogP contribution in [0.4, 0.5) is 0 Å². The van der Waals surface area contributed by atoms with Gasteiger partial charge in [-0.3, -0.25) is 4.99 Å². The van der Waals surface area contributed by atoms with E-state index in [2.05, 4.69) is 22.1 Å². The summed E-state index contributed by atoms with van der Waals surface area (Å²) in [6.45, 7) is 10.1. The van der Waals surface area contributed by atoms with Gasteiger partial charge in [0.05, 0.1) is 12.2 Å². The van der Waals surface area contributed by atoms with Gasteiger partial charge in [0.15, 0.2) is 5.96 Å². The van der Waals surface area contributed by atoms with Gasteiger partial charge in [-0.2, -0.15) is 0 Å². The van der Waals surface area contributed by atoms with Crippen LogP contribution in [0.15, 0.2) is 4.99 Å². The van der Waals surface area contributed by atoms with Crippen LogP contribution >= 0.6 is 0 Å². The van der Waals surface area contributed by atoms with Crippen LogP contribution in [-0.2, 0) is 4.74 Å². The van der Waals surface area contributed by atoms with Crippen molar-refractivity contribution < 1.29 is 9.84 Å². The van der Waals surface area contributed by atoms with Crippen LogP contribution in [0.3, 0.4) is 0 Å². The molecule has 1 aliphatic heterocycles. The fourth-order valence-corrected chi connectivity index (χ4v) is 1.93. The molecule has 0 aromatic heterocycles. The summed E-state index contributed by atoms with van der Waals surface area (Å²) in [6.07, 6.45) is 1.85. The lowest BCUT2D eigenvalue weighted by Crippen LogP contribution is -2.40. The average molecular weight is 257 g/mol. The van der Waals surface area contributed by atoms with Crippen molar-refractivity contribution in [1.29, 1.82) is 0 Å². The van der Waals surface area contributed by atoms with Gasteiger partial charge in [0.1, 0.15) is 0 Å². The SMILES string of the molecule is CCNC(=NCCCOC(C)C)N1CC[C@@H](O)C1. The largest absolute Gasteiger partial charge is 0.391 e. The van der Waals surface area contributed by atoms with Crippen molar-refractivity contribution in [3.8, 4) is 0 Å². The minimum Gasteiger partial charge on any atom is -0.391 e. The van der Waals surface area contributed by atoms with E-state index >= 15 is 0 Å². The van der Waals surface area contributed by atoms with Gasteiger partial charge in [-0.25, -0.2) is 0 Å². The van der Waals surface area contributed by atoms with E-state index in [9.17, 15) is 5.11 Å². The molecule has 0 amide bonds. The maximum absolute atomic E-state index is 9.54. The van der Waals surface area contributed by atoms with Crippen molar-refractivity contribution in [3.63, 3.8) is 0 Å². The molecule has 0 spiro atoms. The molecular weight excluding hydrogens is 230 g/mol. The molecule has 1 aliphatic rings. The fraction of sp³-hybridized carbons (Fsp3) is 0.923. The van der Waals surface area contributed by atoms with Crippen molar-refractivity contribution in [2.75, 3.05) is 32.8 Å². The molecule has 1 saturated heterocycles. The monoisotopic (exact) mass is 257 g/mol. The fourth-order valence-electron chi connectivity index (χ4n) is 1.93. The summed E-state index contributed by atoms with van der Waals surface area (Å²) in [5, 5.41) is 12.8. The first-order chi connectivity index (χ1) is 8.63. The summed E-state index contributed by atoms with van der Waals surface area (Å²) in [5.74, 6) is 0.915. The van der Waals surface area contributed by atoms with E-state index in [1.54, 1.807) is 0 Å². The van der Waals surface area contributed by atoms with Gasteiger partial charge in [0, 0.05) is 32.8 Å². The van der Waals surface area contributed by atoms with Crippen LogP contribution in [0.2, 0.25) is 0 Å². The van der Waals surface area contributed by atoms with E-state index in [0.29, 0.717) is 6.54 Å². The van der Waals surface area contributed by atoms with Gasteiger partial charge < -0.3 is 20.1 Å². The van der Waals surface area contributed by atoms with Gasteiger partial charge in [0.25, 0.3) is 0 Å². The molecule has 1 heterocycles. The molecule has 0 aliphatic carbocycles. The summed E-state index contributed by atoms with van der Waals surface area (Å²) < 4.78 is 5.48. The van der Waals surface area contributed by atoms with E-state index in [-0.39, 0.29) is 12.2 Å². The van der Waals surface area contributed by atoms with Crippen LogP contribution < -0.4 is 5.32 Å². The molecule has 0 radical (unpaired) electrons. The molecule has 0 bridgehead atoms. The summed E-state index contributed by atoms with van der Waals surface area (Å²) in [5.41, 5.74) is 0. The summed E-state index contributed by atoms with van der Waals surface area (Å²) >= 11 is 0. The maximum Gasteiger partial charge on any atom is 0.194 e. The zero-order chi connectivity index (χ0) is 13.4. The third kappa shape index (κ3) is 5.69. The molecule has 0 aromatic rings. The smallest absolute Gasteiger partial charge is 0.194 e. The molecule has 0 saturated carbocycles. The Hall–Kier alpha value is -0.810. The number of β-amino-alcohol motifs (C(OH)–C–C–N with tert-alkyl or cyclic N) is 1. The first kappa shape index (κ1) is 15.2. The van der Waals surface area contributed by atoms with Gasteiger partial charge in [-0.15, -0.1) is 0 Å². The molecule has 0 unspecified atom stereocenters. The Morgan fingerprint density at radius 2 is 2.33 bits per heavy atom. The Morgan fingerprint density at radius 1 is 1.56 bits per heavy atom. The van der Waals surface area contributed by atoms with Crippen molar-refractivity contribution in [2.45, 2.75) is 45.8 Å². The third-order valence-corrected chi connectivity index (χ3v) is 2.81. The standard InChI is InChI=1S/C13H27N3O2/c1-4-14-13(16-8-6-12(17)10-16)15-7-5-9-18-11(2)3/h11-12,17H,4-10H2,1-3H3,(H,14,15)/t12-/m1/s1. The molecule has 1 rings (SSSR count). The number of aliphatic hydroxyl groups is 1. The Kier molecular flexibility index (Phi) is 7.05. The quantitative estimate of drug-likeness (QED) is 0.420. The molecule has 1 fully saturated rings. The zero-order valence-corrected chi connectivity index (χ0v) is 11.9. The number of nitrogens with zero attached hydrogens (tertiary/aromatic N) is 2. The highest BCUT2D eigenvalue weighted by atomic mass is 16.5. The maximum atomic E-state index is 9.54. The number of nitrogens with one attached hydrogen (secondary N) is 1. The van der Waals surface area contributed by atoms with Crippen LogP contribution in [0.1, 0.15) is 33.6 Å². The lowest BCUT2D eigenvalue weighted by Gasteiger charge is -2.20. The molecular formula is C13H27N3O2. The molecule has 18 heavy (non-hydrogen) atoms. The minimum atomic E-state index is -0.210. The van der Waals surface area contributed by atoms with E-state index < -0.39 is 0 Å². The number of aliphatic imine (C=N–C) groups is 1. The first-order valence-corrected chi connectivity index (χ1v) is 6.96. The number of rotatable bonds is 6. The van der Waals surface area contributed by atoms with Crippen LogP contribution in [0, 0.1) is 0 Å². The second kappa shape index (κ2) is 8.32. The number of likely N-dealkylation sites (tertiary alicyclic amines) is 1. The van der Waals surface area contributed by atoms with E-state index in [1.807, 2.05) is 13.8 Å². The van der Waals surface area contributed by atoms with Crippen LogP contribution in [0.25, 0.3) is 0 Å². The number of hydrogen-bond donors (Lipinski definition) is 2. The highest BCUT2D eigenvalue weighted by Gasteiger charge is 2.22. The predicted molar refractivity (Wildman–Crippen MR) is 73.9 cm³/mol. The Labute approximate surface area is 110 Å². The first-order valence-electron chi connectivity index (χ1n) is 6.96. The van der Waals surface area contributed by atoms with E-state index in [1.165, 1.54) is 0 Å². The highest BCUT2D eigenvalue weighted by Crippen LogP contribution is 2.08. The second-order valence-electron chi connectivity index (χ2n) is 4.90. The highest BCUT2D eigenvalue weighted by molar-refractivity contribution is 5.80. The van der Waals surface area contributed by atoms with E-state index in [4.69, 9.17) is 4.74 Å². The minimum absolute atomic E-state index is 0.210. The third-order valence-electron chi connectivity index (χ3n) is 2.81. The van der Waals surface area contributed by atoms with Crippen LogP contribution in [0.5, 0.6) is 0 Å².